The van der Waals surface area contributed by atoms with Crippen LogP contribution in [-0.4, -0.2) is 6.61 Å². The molecule has 1 heteroatoms. The maximum atomic E-state index is 5.53. The molecule has 0 radical (unpaired) electrons. The minimum atomic E-state index is 0.746. The Morgan fingerprint density at radius 1 is 0.733 bits per heavy atom. The summed E-state index contributed by atoms with van der Waals surface area (Å²) in [5, 5.41) is 0. The van der Waals surface area contributed by atoms with Gasteiger partial charge in [0.25, 0.3) is 0 Å². The van der Waals surface area contributed by atoms with Crippen LogP contribution in [0.5, 0.6) is 0 Å². The van der Waals surface area contributed by atoms with Crippen molar-refractivity contribution in [3.05, 3.63) is 33.4 Å². The third-order valence-electron chi connectivity index (χ3n) is 3.61. The molecule has 15 heavy (non-hydrogen) atoms. The van der Waals surface area contributed by atoms with Crippen LogP contribution in [0, 0.1) is 34.6 Å². The Kier molecular flexibility index (Phi) is 3.92. The van der Waals surface area contributed by atoms with Crippen molar-refractivity contribution in [1.82, 2.24) is 0 Å². The molecule has 0 saturated heterocycles. The molecule has 0 aliphatic carbocycles. The van der Waals surface area contributed by atoms with Crippen molar-refractivity contribution in [2.24, 2.45) is 0 Å². The van der Waals surface area contributed by atoms with Crippen LogP contribution in [-0.2, 0) is 11.3 Å². The molecule has 0 unspecified atom stereocenters. The van der Waals surface area contributed by atoms with Gasteiger partial charge in [0.15, 0.2) is 0 Å². The molecule has 0 bridgehead atoms. The molecule has 0 spiro atoms. The predicted molar refractivity (Wildman–Crippen MR) is 65.5 cm³/mol. The van der Waals surface area contributed by atoms with Crippen LogP contribution in [0.3, 0.4) is 0 Å². The van der Waals surface area contributed by atoms with Gasteiger partial charge in [0, 0.05) is 6.61 Å². The Bertz CT molecular complexity index is 335. The first-order valence-electron chi connectivity index (χ1n) is 5.64. The van der Waals surface area contributed by atoms with Crippen LogP contribution in [0.25, 0.3) is 0 Å². The summed E-state index contributed by atoms with van der Waals surface area (Å²) < 4.78 is 5.53. The van der Waals surface area contributed by atoms with Gasteiger partial charge in [-0.15, -0.1) is 0 Å². The molecule has 0 saturated carbocycles. The second kappa shape index (κ2) is 4.80. The van der Waals surface area contributed by atoms with Crippen molar-refractivity contribution in [1.29, 1.82) is 0 Å². The summed E-state index contributed by atoms with van der Waals surface area (Å²) in [5.41, 5.74) is 8.40. The summed E-state index contributed by atoms with van der Waals surface area (Å²) in [5.74, 6) is 0. The van der Waals surface area contributed by atoms with Gasteiger partial charge in [-0.25, -0.2) is 0 Å². The smallest absolute Gasteiger partial charge is 0.0722 e. The van der Waals surface area contributed by atoms with Crippen molar-refractivity contribution in [2.75, 3.05) is 6.61 Å². The van der Waals surface area contributed by atoms with E-state index in [1.165, 1.54) is 33.4 Å². The highest BCUT2D eigenvalue weighted by atomic mass is 16.5. The zero-order valence-corrected chi connectivity index (χ0v) is 10.8. The molecular weight excluding hydrogens is 184 g/mol. The molecule has 84 valence electrons. The Hall–Kier alpha value is -0.820. The van der Waals surface area contributed by atoms with Crippen molar-refractivity contribution in [2.45, 2.75) is 48.1 Å². The van der Waals surface area contributed by atoms with Crippen LogP contribution in [0.2, 0.25) is 0 Å². The SMILES string of the molecule is CCOCc1c(C)c(C)c(C)c(C)c1C. The molecule has 1 aromatic rings. The van der Waals surface area contributed by atoms with Gasteiger partial charge in [-0.3, -0.25) is 0 Å². The minimum absolute atomic E-state index is 0.746. The van der Waals surface area contributed by atoms with E-state index in [0.29, 0.717) is 0 Å². The Labute approximate surface area is 93.5 Å². The van der Waals surface area contributed by atoms with E-state index in [0.717, 1.165) is 13.2 Å². The fraction of sp³-hybridized carbons (Fsp3) is 0.571. The maximum absolute atomic E-state index is 5.53. The van der Waals surface area contributed by atoms with Gasteiger partial charge < -0.3 is 4.74 Å². The monoisotopic (exact) mass is 206 g/mol. The molecule has 0 heterocycles. The van der Waals surface area contributed by atoms with Gasteiger partial charge in [0.05, 0.1) is 6.61 Å². The lowest BCUT2D eigenvalue weighted by molar-refractivity contribution is 0.133. The maximum Gasteiger partial charge on any atom is 0.0722 e. The zero-order valence-electron chi connectivity index (χ0n) is 10.8. The van der Waals surface area contributed by atoms with Crippen molar-refractivity contribution in [3.63, 3.8) is 0 Å². The summed E-state index contributed by atoms with van der Waals surface area (Å²) >= 11 is 0. The number of hydrogen-bond acceptors (Lipinski definition) is 1. The first-order valence-corrected chi connectivity index (χ1v) is 5.64. The first-order chi connectivity index (χ1) is 7.00. The summed E-state index contributed by atoms with van der Waals surface area (Å²) in [6.45, 7) is 14.6. The van der Waals surface area contributed by atoms with E-state index in [2.05, 4.69) is 34.6 Å². The third-order valence-corrected chi connectivity index (χ3v) is 3.61. The van der Waals surface area contributed by atoms with Crippen molar-refractivity contribution >= 4 is 0 Å². The van der Waals surface area contributed by atoms with Crippen LogP contribution in [0.15, 0.2) is 0 Å². The molecule has 0 fully saturated rings. The average Bonchev–Trinajstić information content (AvgIpc) is 2.24. The zero-order chi connectivity index (χ0) is 11.6. The number of ether oxygens (including phenoxy) is 1. The van der Waals surface area contributed by atoms with Crippen molar-refractivity contribution < 1.29 is 4.74 Å². The third kappa shape index (κ3) is 2.23. The van der Waals surface area contributed by atoms with Gasteiger partial charge in [0.2, 0.25) is 0 Å². The summed E-state index contributed by atoms with van der Waals surface area (Å²) in [4.78, 5) is 0. The lowest BCUT2D eigenvalue weighted by Gasteiger charge is -2.18. The fourth-order valence-corrected chi connectivity index (χ4v) is 2.00. The lowest BCUT2D eigenvalue weighted by Crippen LogP contribution is -2.04. The van der Waals surface area contributed by atoms with E-state index < -0.39 is 0 Å². The number of benzene rings is 1. The Morgan fingerprint density at radius 3 is 1.53 bits per heavy atom. The summed E-state index contributed by atoms with van der Waals surface area (Å²) in [6.07, 6.45) is 0. The predicted octanol–water partition coefficient (Wildman–Crippen LogP) is 3.77. The highest BCUT2D eigenvalue weighted by molar-refractivity contribution is 5.49. The second-order valence-electron chi connectivity index (χ2n) is 4.24. The molecule has 0 N–H and O–H groups in total. The van der Waals surface area contributed by atoms with Crippen LogP contribution >= 0.6 is 0 Å². The molecule has 0 atom stereocenters. The highest BCUT2D eigenvalue weighted by Crippen LogP contribution is 2.26. The average molecular weight is 206 g/mol. The summed E-state index contributed by atoms with van der Waals surface area (Å²) in [7, 11) is 0. The number of hydrogen-bond donors (Lipinski definition) is 0. The second-order valence-corrected chi connectivity index (χ2v) is 4.24. The lowest BCUT2D eigenvalue weighted by atomic mass is 9.90. The van der Waals surface area contributed by atoms with Crippen LogP contribution in [0.4, 0.5) is 0 Å². The van der Waals surface area contributed by atoms with Crippen molar-refractivity contribution in [3.8, 4) is 0 Å². The first kappa shape index (κ1) is 12.3. The standard InChI is InChI=1S/C14H22O/c1-7-15-8-14-12(5)10(3)9(2)11(4)13(14)6/h7-8H2,1-6H3. The van der Waals surface area contributed by atoms with E-state index in [4.69, 9.17) is 4.74 Å². The fourth-order valence-electron chi connectivity index (χ4n) is 2.00. The van der Waals surface area contributed by atoms with Gasteiger partial charge in [-0.05, 0) is 74.9 Å². The molecular formula is C14H22O. The van der Waals surface area contributed by atoms with Gasteiger partial charge in [0.1, 0.15) is 0 Å². The topological polar surface area (TPSA) is 9.23 Å². The van der Waals surface area contributed by atoms with Crippen LogP contribution < -0.4 is 0 Å². The molecule has 0 aliphatic rings. The van der Waals surface area contributed by atoms with Gasteiger partial charge >= 0.3 is 0 Å². The van der Waals surface area contributed by atoms with Gasteiger partial charge in [-0.1, -0.05) is 0 Å². The van der Waals surface area contributed by atoms with E-state index >= 15 is 0 Å². The minimum Gasteiger partial charge on any atom is -0.377 e. The molecule has 0 aromatic heterocycles. The molecule has 1 nitrogen and oxygen atoms in total. The van der Waals surface area contributed by atoms with E-state index in [-0.39, 0.29) is 0 Å². The quantitative estimate of drug-likeness (QED) is 0.731. The van der Waals surface area contributed by atoms with E-state index in [9.17, 15) is 0 Å². The van der Waals surface area contributed by atoms with Crippen LogP contribution in [0.1, 0.15) is 40.3 Å². The number of rotatable bonds is 3. The highest BCUT2D eigenvalue weighted by Gasteiger charge is 2.11. The molecule has 0 aliphatic heterocycles. The summed E-state index contributed by atoms with van der Waals surface area (Å²) in [6, 6.07) is 0. The van der Waals surface area contributed by atoms with E-state index in [1.807, 2.05) is 6.92 Å². The van der Waals surface area contributed by atoms with E-state index in [1.54, 1.807) is 0 Å². The Morgan fingerprint density at radius 2 is 1.13 bits per heavy atom. The molecule has 0 amide bonds. The Balaban J connectivity index is 3.26. The molecule has 1 rings (SSSR count). The normalized spacial score (nSPS) is 10.8. The van der Waals surface area contributed by atoms with Gasteiger partial charge in [-0.2, -0.15) is 0 Å². The largest absolute Gasteiger partial charge is 0.377 e. The molecule has 1 aromatic carbocycles.